The fourth-order valence-corrected chi connectivity index (χ4v) is 4.48. The number of aromatic nitrogens is 2. The van der Waals surface area contributed by atoms with Crippen molar-refractivity contribution in [3.8, 4) is 11.5 Å². The maximum absolute atomic E-state index is 12.6. The second-order valence-electron chi connectivity index (χ2n) is 7.33. The molecule has 1 fully saturated rings. The highest BCUT2D eigenvalue weighted by Gasteiger charge is 2.16. The molecule has 3 N–H and O–H groups in total. The Balaban J connectivity index is 1.34. The molecule has 0 bridgehead atoms. The summed E-state index contributed by atoms with van der Waals surface area (Å²) in [5, 5.41) is 14.6. The molecule has 2 aromatic heterocycles. The summed E-state index contributed by atoms with van der Waals surface area (Å²) in [6.07, 6.45) is 1.55. The van der Waals surface area contributed by atoms with E-state index in [0.717, 1.165) is 66.8 Å². The van der Waals surface area contributed by atoms with Crippen LogP contribution in [0.25, 0.3) is 0 Å². The Hall–Kier alpha value is -3.04. The Kier molecular flexibility index (Phi) is 6.73. The monoisotopic (exact) mass is 441 g/mol. The number of hydrogen-bond acceptors (Lipinski definition) is 7. The summed E-state index contributed by atoms with van der Waals surface area (Å²) in [6, 6.07) is 11.6. The van der Waals surface area contributed by atoms with E-state index in [0.29, 0.717) is 10.7 Å². The number of methoxy groups -OCH3 is 2. The molecular formula is C22H27N5O3S. The SMILES string of the molecule is COc1cc(CCc2cc(NC(=O)c3ccc(N4CCNCC4)s3)n[nH]2)cc(OC)c1. The lowest BCUT2D eigenvalue weighted by atomic mass is 10.1. The number of piperazine rings is 1. The molecular weight excluding hydrogens is 414 g/mol. The third kappa shape index (κ3) is 5.36. The van der Waals surface area contributed by atoms with Gasteiger partial charge in [0, 0.05) is 44.0 Å². The number of amides is 1. The number of carbonyl (C=O) groups is 1. The zero-order chi connectivity index (χ0) is 21.6. The molecule has 8 nitrogen and oxygen atoms in total. The van der Waals surface area contributed by atoms with E-state index >= 15 is 0 Å². The molecule has 3 heterocycles. The van der Waals surface area contributed by atoms with Crippen LogP contribution in [-0.4, -0.2) is 56.5 Å². The number of thiophene rings is 1. The molecule has 1 aliphatic heterocycles. The summed E-state index contributed by atoms with van der Waals surface area (Å²) in [6.45, 7) is 3.86. The van der Waals surface area contributed by atoms with Crippen molar-refractivity contribution in [3.63, 3.8) is 0 Å². The number of H-pyrrole nitrogens is 1. The Morgan fingerprint density at radius 1 is 1.10 bits per heavy atom. The predicted molar refractivity (Wildman–Crippen MR) is 123 cm³/mol. The molecule has 31 heavy (non-hydrogen) atoms. The van der Waals surface area contributed by atoms with Crippen molar-refractivity contribution in [1.82, 2.24) is 15.5 Å². The zero-order valence-corrected chi connectivity index (χ0v) is 18.6. The maximum Gasteiger partial charge on any atom is 0.267 e. The summed E-state index contributed by atoms with van der Waals surface area (Å²) in [7, 11) is 3.28. The molecule has 9 heteroatoms. The number of ether oxygens (including phenoxy) is 2. The molecule has 0 aliphatic carbocycles. The molecule has 164 valence electrons. The summed E-state index contributed by atoms with van der Waals surface area (Å²) in [4.78, 5) is 15.6. The second-order valence-corrected chi connectivity index (χ2v) is 8.39. The smallest absolute Gasteiger partial charge is 0.267 e. The van der Waals surface area contributed by atoms with Gasteiger partial charge in [-0.25, -0.2) is 0 Å². The Morgan fingerprint density at radius 3 is 2.55 bits per heavy atom. The van der Waals surface area contributed by atoms with Crippen LogP contribution in [0.3, 0.4) is 0 Å². The molecule has 1 aliphatic rings. The van der Waals surface area contributed by atoms with Gasteiger partial charge in [0.2, 0.25) is 0 Å². The molecule has 0 spiro atoms. The van der Waals surface area contributed by atoms with Crippen molar-refractivity contribution >= 4 is 28.1 Å². The number of aryl methyl sites for hydroxylation is 2. The summed E-state index contributed by atoms with van der Waals surface area (Å²) >= 11 is 1.51. The van der Waals surface area contributed by atoms with Crippen molar-refractivity contribution in [3.05, 3.63) is 52.5 Å². The number of hydrogen-bond donors (Lipinski definition) is 3. The number of rotatable bonds is 8. The van der Waals surface area contributed by atoms with Crippen LogP contribution in [-0.2, 0) is 12.8 Å². The lowest BCUT2D eigenvalue weighted by molar-refractivity contribution is 0.103. The molecule has 1 amide bonds. The van der Waals surface area contributed by atoms with E-state index in [4.69, 9.17) is 9.47 Å². The minimum atomic E-state index is -0.137. The first-order valence-corrected chi connectivity index (χ1v) is 11.1. The highest BCUT2D eigenvalue weighted by molar-refractivity contribution is 7.18. The average molecular weight is 442 g/mol. The van der Waals surface area contributed by atoms with Crippen molar-refractivity contribution in [2.75, 3.05) is 50.6 Å². The number of nitrogens with one attached hydrogen (secondary N) is 3. The van der Waals surface area contributed by atoms with Gasteiger partial charge in [-0.1, -0.05) is 0 Å². The van der Waals surface area contributed by atoms with Gasteiger partial charge in [0.05, 0.1) is 24.1 Å². The maximum atomic E-state index is 12.6. The number of aromatic amines is 1. The zero-order valence-electron chi connectivity index (χ0n) is 17.7. The van der Waals surface area contributed by atoms with Gasteiger partial charge in [-0.2, -0.15) is 5.10 Å². The Labute approximate surface area is 185 Å². The Morgan fingerprint density at radius 2 is 1.84 bits per heavy atom. The number of anilines is 2. The van der Waals surface area contributed by atoms with Gasteiger partial charge < -0.3 is 25.0 Å². The van der Waals surface area contributed by atoms with Crippen molar-refractivity contribution in [1.29, 1.82) is 0 Å². The van der Waals surface area contributed by atoms with E-state index in [1.165, 1.54) is 11.3 Å². The largest absolute Gasteiger partial charge is 0.497 e. The van der Waals surface area contributed by atoms with E-state index < -0.39 is 0 Å². The fraction of sp³-hybridized carbons (Fsp3) is 0.364. The molecule has 1 aromatic carbocycles. The average Bonchev–Trinajstić information content (AvgIpc) is 3.48. The minimum absolute atomic E-state index is 0.137. The van der Waals surface area contributed by atoms with Gasteiger partial charge in [0.1, 0.15) is 11.5 Å². The summed E-state index contributed by atoms with van der Waals surface area (Å²) in [5.41, 5.74) is 2.06. The van der Waals surface area contributed by atoms with Crippen molar-refractivity contribution < 1.29 is 14.3 Å². The predicted octanol–water partition coefficient (Wildman–Crippen LogP) is 2.94. The first-order valence-electron chi connectivity index (χ1n) is 10.3. The molecule has 0 unspecified atom stereocenters. The van der Waals surface area contributed by atoms with E-state index in [9.17, 15) is 4.79 Å². The minimum Gasteiger partial charge on any atom is -0.497 e. The van der Waals surface area contributed by atoms with Gasteiger partial charge in [-0.05, 0) is 42.7 Å². The van der Waals surface area contributed by atoms with Crippen LogP contribution < -0.4 is 25.0 Å². The van der Waals surface area contributed by atoms with Crippen LogP contribution in [0, 0.1) is 0 Å². The highest BCUT2D eigenvalue weighted by atomic mass is 32.1. The van der Waals surface area contributed by atoms with E-state index in [-0.39, 0.29) is 5.91 Å². The van der Waals surface area contributed by atoms with Crippen LogP contribution in [0.2, 0.25) is 0 Å². The van der Waals surface area contributed by atoms with Gasteiger partial charge in [-0.15, -0.1) is 11.3 Å². The second kappa shape index (κ2) is 9.84. The van der Waals surface area contributed by atoms with Crippen LogP contribution in [0.15, 0.2) is 36.4 Å². The number of nitrogens with zero attached hydrogens (tertiary/aromatic N) is 2. The third-order valence-electron chi connectivity index (χ3n) is 5.21. The Bertz CT molecular complexity index is 1000. The van der Waals surface area contributed by atoms with E-state index in [1.807, 2.05) is 36.4 Å². The van der Waals surface area contributed by atoms with Crippen LogP contribution in [0.4, 0.5) is 10.8 Å². The fourth-order valence-electron chi connectivity index (χ4n) is 3.53. The normalized spacial score (nSPS) is 13.8. The topological polar surface area (TPSA) is 91.5 Å². The molecule has 4 rings (SSSR count). The van der Waals surface area contributed by atoms with Crippen LogP contribution in [0.1, 0.15) is 20.9 Å². The van der Waals surface area contributed by atoms with E-state index in [2.05, 4.69) is 25.7 Å². The van der Waals surface area contributed by atoms with Crippen LogP contribution in [0.5, 0.6) is 11.5 Å². The number of benzene rings is 1. The van der Waals surface area contributed by atoms with Gasteiger partial charge in [0.15, 0.2) is 5.82 Å². The summed E-state index contributed by atoms with van der Waals surface area (Å²) in [5.74, 6) is 1.92. The molecule has 3 aromatic rings. The lowest BCUT2D eigenvalue weighted by Crippen LogP contribution is -2.43. The lowest BCUT2D eigenvalue weighted by Gasteiger charge is -2.27. The van der Waals surface area contributed by atoms with Gasteiger partial charge in [-0.3, -0.25) is 9.89 Å². The van der Waals surface area contributed by atoms with E-state index in [1.54, 1.807) is 14.2 Å². The standard InChI is InChI=1S/C22H27N5O3S/c1-29-17-11-15(12-18(14-17)30-2)3-4-16-13-20(26-25-16)24-22(28)19-5-6-21(31-19)27-9-7-23-8-10-27/h5-6,11-14,23H,3-4,7-10H2,1-2H3,(H2,24,25,26,28). The van der Waals surface area contributed by atoms with Crippen molar-refractivity contribution in [2.24, 2.45) is 0 Å². The van der Waals surface area contributed by atoms with Crippen LogP contribution >= 0.6 is 11.3 Å². The molecule has 1 saturated heterocycles. The molecule has 0 saturated carbocycles. The quantitative estimate of drug-likeness (QED) is 0.498. The van der Waals surface area contributed by atoms with Gasteiger partial charge >= 0.3 is 0 Å². The molecule has 0 atom stereocenters. The van der Waals surface area contributed by atoms with Gasteiger partial charge in [0.25, 0.3) is 5.91 Å². The number of carbonyl (C=O) groups excluding carboxylic acids is 1. The molecule has 0 radical (unpaired) electrons. The third-order valence-corrected chi connectivity index (χ3v) is 6.36. The first kappa shape index (κ1) is 21.2. The van der Waals surface area contributed by atoms with Crippen molar-refractivity contribution in [2.45, 2.75) is 12.8 Å². The summed E-state index contributed by atoms with van der Waals surface area (Å²) < 4.78 is 10.7. The first-order chi connectivity index (χ1) is 15.1. The highest BCUT2D eigenvalue weighted by Crippen LogP contribution is 2.27.